The Labute approximate surface area is 187 Å². The molecule has 0 aliphatic rings. The summed E-state index contributed by atoms with van der Waals surface area (Å²) in [4.78, 5) is 25.3. The molecule has 1 amide bonds. The molecular formula is C22H19Cl2NO6. The summed E-state index contributed by atoms with van der Waals surface area (Å²) in [5.74, 6) is -1.40. The van der Waals surface area contributed by atoms with Crippen molar-refractivity contribution in [1.29, 1.82) is 0 Å². The highest BCUT2D eigenvalue weighted by molar-refractivity contribution is 6.42. The summed E-state index contributed by atoms with van der Waals surface area (Å²) >= 11 is 11.9. The number of aryl methyl sites for hydroxylation is 1. The van der Waals surface area contributed by atoms with Crippen LogP contribution in [0.5, 0.6) is 17.2 Å². The number of aromatic hydroxyl groups is 2. The number of halogens is 2. The number of hydrogen-bond donors (Lipinski definition) is 3. The maximum absolute atomic E-state index is 12.8. The van der Waals surface area contributed by atoms with E-state index in [0.29, 0.717) is 16.3 Å². The van der Waals surface area contributed by atoms with Crippen molar-refractivity contribution in [2.45, 2.75) is 19.3 Å². The highest BCUT2D eigenvalue weighted by Gasteiger charge is 2.26. The number of phenolic OH excluding ortho intramolecular Hbond substituents is 1. The van der Waals surface area contributed by atoms with Crippen LogP contribution >= 0.6 is 23.2 Å². The standard InChI is InChI=1S/C22H19Cl2NO6/c1-11-7-18(27)21(22(29)31-11)14(12-3-6-19(30-2)17(26)8-12)10-20(28)25-13-4-5-15(23)16(24)9-13/h3-9,14,26-27H,10H2,1-2H3,(H,25,28). The Bertz CT molecular complexity index is 1190. The van der Waals surface area contributed by atoms with Gasteiger partial charge < -0.3 is 24.7 Å². The highest BCUT2D eigenvalue weighted by atomic mass is 35.5. The maximum Gasteiger partial charge on any atom is 0.343 e. The lowest BCUT2D eigenvalue weighted by Gasteiger charge is -2.19. The van der Waals surface area contributed by atoms with Crippen molar-refractivity contribution in [3.05, 3.63) is 79.8 Å². The molecule has 162 valence electrons. The minimum absolute atomic E-state index is 0.0977. The van der Waals surface area contributed by atoms with E-state index in [2.05, 4.69) is 5.32 Å². The van der Waals surface area contributed by atoms with Crippen LogP contribution in [0.25, 0.3) is 0 Å². The predicted molar refractivity (Wildman–Crippen MR) is 118 cm³/mol. The number of amides is 1. The van der Waals surface area contributed by atoms with Gasteiger partial charge in [0, 0.05) is 24.1 Å². The monoisotopic (exact) mass is 463 g/mol. The SMILES string of the molecule is COc1ccc(C(CC(=O)Nc2ccc(Cl)c(Cl)c2)c2c(O)cc(C)oc2=O)cc1O. The number of benzene rings is 2. The predicted octanol–water partition coefficient (Wildman–Crippen LogP) is 4.84. The number of anilines is 1. The second-order valence-electron chi connectivity index (χ2n) is 6.81. The van der Waals surface area contributed by atoms with Crippen LogP contribution in [0, 0.1) is 6.92 Å². The lowest BCUT2D eigenvalue weighted by atomic mass is 9.88. The Morgan fingerprint density at radius 2 is 1.84 bits per heavy atom. The number of carbonyl (C=O) groups excluding carboxylic acids is 1. The molecule has 7 nitrogen and oxygen atoms in total. The third kappa shape index (κ3) is 5.13. The average Bonchev–Trinajstić information content (AvgIpc) is 2.69. The zero-order chi connectivity index (χ0) is 22.7. The lowest BCUT2D eigenvalue weighted by Crippen LogP contribution is -2.21. The number of nitrogens with one attached hydrogen (secondary N) is 1. The van der Waals surface area contributed by atoms with Gasteiger partial charge in [-0.3, -0.25) is 4.79 Å². The molecule has 0 radical (unpaired) electrons. The van der Waals surface area contributed by atoms with Gasteiger partial charge in [-0.1, -0.05) is 29.3 Å². The summed E-state index contributed by atoms with van der Waals surface area (Å²) in [6.45, 7) is 1.52. The van der Waals surface area contributed by atoms with E-state index in [4.69, 9.17) is 32.4 Å². The van der Waals surface area contributed by atoms with Crippen LogP contribution < -0.4 is 15.7 Å². The maximum atomic E-state index is 12.8. The normalized spacial score (nSPS) is 11.7. The van der Waals surface area contributed by atoms with Gasteiger partial charge in [-0.05, 0) is 42.8 Å². The number of methoxy groups -OCH3 is 1. The van der Waals surface area contributed by atoms with Crippen LogP contribution in [0.1, 0.15) is 29.2 Å². The van der Waals surface area contributed by atoms with Crippen LogP contribution in [-0.4, -0.2) is 23.2 Å². The van der Waals surface area contributed by atoms with Crippen LogP contribution in [0.3, 0.4) is 0 Å². The van der Waals surface area contributed by atoms with Crippen molar-refractivity contribution in [1.82, 2.24) is 0 Å². The quantitative estimate of drug-likeness (QED) is 0.482. The second kappa shape index (κ2) is 9.32. The van der Waals surface area contributed by atoms with Crippen LogP contribution in [0.2, 0.25) is 10.0 Å². The Morgan fingerprint density at radius 3 is 2.45 bits per heavy atom. The molecule has 0 saturated heterocycles. The van der Waals surface area contributed by atoms with Gasteiger partial charge in [0.25, 0.3) is 0 Å². The molecular weight excluding hydrogens is 445 g/mol. The van der Waals surface area contributed by atoms with Gasteiger partial charge in [0.2, 0.25) is 5.91 Å². The van der Waals surface area contributed by atoms with Crippen molar-refractivity contribution in [2.75, 3.05) is 12.4 Å². The lowest BCUT2D eigenvalue weighted by molar-refractivity contribution is -0.116. The van der Waals surface area contributed by atoms with Gasteiger partial charge in [-0.15, -0.1) is 0 Å². The molecule has 1 aromatic heterocycles. The van der Waals surface area contributed by atoms with E-state index in [1.807, 2.05) is 0 Å². The van der Waals surface area contributed by atoms with E-state index in [0.717, 1.165) is 0 Å². The van der Waals surface area contributed by atoms with Gasteiger partial charge in [0.05, 0.1) is 22.7 Å². The molecule has 3 aromatic rings. The fourth-order valence-corrected chi connectivity index (χ4v) is 3.51. The molecule has 0 saturated carbocycles. The summed E-state index contributed by atoms with van der Waals surface area (Å²) in [5, 5.41) is 23.9. The Balaban J connectivity index is 2.00. The van der Waals surface area contributed by atoms with E-state index in [-0.39, 0.29) is 40.0 Å². The Hall–Kier alpha value is -3.16. The second-order valence-corrected chi connectivity index (χ2v) is 7.62. The van der Waals surface area contributed by atoms with Crippen LogP contribution in [0.4, 0.5) is 5.69 Å². The Morgan fingerprint density at radius 1 is 1.10 bits per heavy atom. The molecule has 0 aliphatic carbocycles. The van der Waals surface area contributed by atoms with Crippen molar-refractivity contribution >= 4 is 34.8 Å². The van der Waals surface area contributed by atoms with Crippen LogP contribution in [-0.2, 0) is 4.79 Å². The van der Waals surface area contributed by atoms with Gasteiger partial charge in [-0.2, -0.15) is 0 Å². The summed E-state index contributed by atoms with van der Waals surface area (Å²) < 4.78 is 10.2. The zero-order valence-corrected chi connectivity index (χ0v) is 18.1. The summed E-state index contributed by atoms with van der Waals surface area (Å²) in [6, 6.07) is 10.4. The summed E-state index contributed by atoms with van der Waals surface area (Å²) in [6.07, 6.45) is -0.229. The number of carbonyl (C=O) groups is 1. The molecule has 0 fully saturated rings. The molecule has 2 aromatic carbocycles. The first-order valence-electron chi connectivity index (χ1n) is 9.15. The van der Waals surface area contributed by atoms with Gasteiger partial charge in [-0.25, -0.2) is 4.79 Å². The zero-order valence-electron chi connectivity index (χ0n) is 16.6. The van der Waals surface area contributed by atoms with E-state index in [1.165, 1.54) is 38.3 Å². The molecule has 1 atom stereocenters. The fraction of sp³-hybridized carbons (Fsp3) is 0.182. The first-order chi connectivity index (χ1) is 14.7. The van der Waals surface area contributed by atoms with E-state index >= 15 is 0 Å². The van der Waals surface area contributed by atoms with Crippen molar-refractivity contribution in [3.8, 4) is 17.2 Å². The number of rotatable bonds is 6. The molecule has 3 N–H and O–H groups in total. The van der Waals surface area contributed by atoms with E-state index in [9.17, 15) is 19.8 Å². The number of phenols is 1. The first kappa shape index (κ1) is 22.5. The largest absolute Gasteiger partial charge is 0.507 e. The Kier molecular flexibility index (Phi) is 6.77. The minimum Gasteiger partial charge on any atom is -0.507 e. The topological polar surface area (TPSA) is 109 Å². The van der Waals surface area contributed by atoms with Gasteiger partial charge in [0.1, 0.15) is 11.5 Å². The molecule has 0 aliphatic heterocycles. The van der Waals surface area contributed by atoms with E-state index in [1.54, 1.807) is 18.2 Å². The van der Waals surface area contributed by atoms with Crippen LogP contribution in [0.15, 0.2) is 51.7 Å². The summed E-state index contributed by atoms with van der Waals surface area (Å²) in [7, 11) is 1.40. The van der Waals surface area contributed by atoms with Crippen molar-refractivity contribution in [3.63, 3.8) is 0 Å². The molecule has 1 unspecified atom stereocenters. The molecule has 3 rings (SSSR count). The third-order valence-corrected chi connectivity index (χ3v) is 5.38. The van der Waals surface area contributed by atoms with Crippen molar-refractivity contribution in [2.24, 2.45) is 0 Å². The minimum atomic E-state index is -0.906. The van der Waals surface area contributed by atoms with Gasteiger partial charge >= 0.3 is 5.63 Å². The molecule has 9 heteroatoms. The average molecular weight is 464 g/mol. The van der Waals surface area contributed by atoms with Gasteiger partial charge in [0.15, 0.2) is 11.5 Å². The highest BCUT2D eigenvalue weighted by Crippen LogP contribution is 2.37. The number of ether oxygens (including phenoxy) is 1. The molecule has 0 bridgehead atoms. The number of hydrogen-bond acceptors (Lipinski definition) is 6. The fourth-order valence-electron chi connectivity index (χ4n) is 3.21. The van der Waals surface area contributed by atoms with Crippen molar-refractivity contribution < 1.29 is 24.2 Å². The first-order valence-corrected chi connectivity index (χ1v) is 9.90. The third-order valence-electron chi connectivity index (χ3n) is 4.64. The molecule has 1 heterocycles. The molecule has 31 heavy (non-hydrogen) atoms. The summed E-state index contributed by atoms with van der Waals surface area (Å²) in [5.41, 5.74) is -0.0514. The van der Waals surface area contributed by atoms with E-state index < -0.39 is 17.5 Å². The smallest absolute Gasteiger partial charge is 0.343 e. The molecule has 0 spiro atoms.